The van der Waals surface area contributed by atoms with E-state index in [1.165, 1.54) is 7.11 Å². The van der Waals surface area contributed by atoms with Gasteiger partial charge in [0.05, 0.1) is 19.6 Å². The standard InChI is InChI=1S/C17H21F2NO4/c1-3-24-16(22)15(13-10-17(18,19)9-8-14(13)21)20-11-4-6-12(23-2)7-5-11/h4-7,13,15,20H,3,8-10H2,1-2H3/t13-,15-/m0/s1. The van der Waals surface area contributed by atoms with Crippen molar-refractivity contribution in [2.45, 2.75) is 38.2 Å². The van der Waals surface area contributed by atoms with Gasteiger partial charge in [0.15, 0.2) is 0 Å². The van der Waals surface area contributed by atoms with E-state index in [1.807, 2.05) is 0 Å². The molecule has 0 amide bonds. The number of Topliss-reactive ketones (excluding diaryl/α,β-unsaturated/α-hetero) is 1. The molecule has 0 radical (unpaired) electrons. The largest absolute Gasteiger partial charge is 0.497 e. The monoisotopic (exact) mass is 341 g/mol. The van der Waals surface area contributed by atoms with Crippen molar-refractivity contribution in [3.63, 3.8) is 0 Å². The van der Waals surface area contributed by atoms with Crippen molar-refractivity contribution < 1.29 is 27.8 Å². The first-order chi connectivity index (χ1) is 11.4. The molecule has 0 bridgehead atoms. The van der Waals surface area contributed by atoms with Crippen LogP contribution < -0.4 is 10.1 Å². The second kappa shape index (κ2) is 7.59. The second-order valence-corrected chi connectivity index (χ2v) is 5.74. The summed E-state index contributed by atoms with van der Waals surface area (Å²) in [6, 6.07) is 5.49. The van der Waals surface area contributed by atoms with Crippen LogP contribution in [0.1, 0.15) is 26.2 Å². The van der Waals surface area contributed by atoms with Crippen LogP contribution in [-0.4, -0.2) is 37.4 Å². The predicted octanol–water partition coefficient (Wildman–Crippen LogP) is 3.04. The number of halogens is 2. The maximum Gasteiger partial charge on any atom is 0.329 e. The van der Waals surface area contributed by atoms with Crippen molar-refractivity contribution in [3.05, 3.63) is 24.3 Å². The molecular formula is C17H21F2NO4. The minimum absolute atomic E-state index is 0.108. The highest BCUT2D eigenvalue weighted by molar-refractivity contribution is 5.91. The zero-order valence-electron chi connectivity index (χ0n) is 13.7. The smallest absolute Gasteiger partial charge is 0.329 e. The van der Waals surface area contributed by atoms with Crippen LogP contribution in [0.25, 0.3) is 0 Å². The van der Waals surface area contributed by atoms with Crippen LogP contribution in [0.15, 0.2) is 24.3 Å². The van der Waals surface area contributed by atoms with E-state index in [-0.39, 0.29) is 18.8 Å². The van der Waals surface area contributed by atoms with Crippen molar-refractivity contribution in [2.75, 3.05) is 19.0 Å². The highest BCUT2D eigenvalue weighted by atomic mass is 19.3. The van der Waals surface area contributed by atoms with Gasteiger partial charge in [-0.1, -0.05) is 0 Å². The van der Waals surface area contributed by atoms with E-state index in [2.05, 4.69) is 5.32 Å². The van der Waals surface area contributed by atoms with Gasteiger partial charge < -0.3 is 14.8 Å². The van der Waals surface area contributed by atoms with Gasteiger partial charge in [-0.3, -0.25) is 4.79 Å². The van der Waals surface area contributed by atoms with E-state index in [4.69, 9.17) is 9.47 Å². The molecule has 2 rings (SSSR count). The number of carbonyl (C=O) groups is 2. The Hall–Kier alpha value is -2.18. The van der Waals surface area contributed by atoms with E-state index in [0.29, 0.717) is 11.4 Å². The number of ketones is 1. The maximum atomic E-state index is 13.7. The molecule has 0 saturated heterocycles. The molecule has 24 heavy (non-hydrogen) atoms. The number of alkyl halides is 2. The van der Waals surface area contributed by atoms with Crippen molar-refractivity contribution in [3.8, 4) is 5.75 Å². The highest BCUT2D eigenvalue weighted by Gasteiger charge is 2.46. The Bertz CT molecular complexity index is 589. The normalized spacial score (nSPS) is 21.0. The van der Waals surface area contributed by atoms with E-state index >= 15 is 0 Å². The van der Waals surface area contributed by atoms with Crippen molar-refractivity contribution in [2.24, 2.45) is 5.92 Å². The Morgan fingerprint density at radius 1 is 1.38 bits per heavy atom. The number of esters is 1. The summed E-state index contributed by atoms with van der Waals surface area (Å²) < 4.78 is 37.5. The van der Waals surface area contributed by atoms with Gasteiger partial charge in [0, 0.05) is 24.9 Å². The van der Waals surface area contributed by atoms with Crippen molar-refractivity contribution in [1.82, 2.24) is 0 Å². The lowest BCUT2D eigenvalue weighted by Gasteiger charge is -2.32. The molecule has 0 aliphatic heterocycles. The van der Waals surface area contributed by atoms with Gasteiger partial charge in [-0.25, -0.2) is 13.6 Å². The summed E-state index contributed by atoms with van der Waals surface area (Å²) in [5.41, 5.74) is 0.524. The average Bonchev–Trinajstić information content (AvgIpc) is 2.56. The number of nitrogens with one attached hydrogen (secondary N) is 1. The molecule has 0 heterocycles. The summed E-state index contributed by atoms with van der Waals surface area (Å²) in [5.74, 6) is -4.50. The lowest BCUT2D eigenvalue weighted by Crippen LogP contribution is -2.47. The molecule has 1 aliphatic carbocycles. The Kier molecular flexibility index (Phi) is 5.75. The molecule has 1 fully saturated rings. The molecule has 132 valence electrons. The molecule has 1 aliphatic rings. The molecule has 0 spiro atoms. The number of hydrogen-bond acceptors (Lipinski definition) is 5. The van der Waals surface area contributed by atoms with Crippen LogP contribution in [0.2, 0.25) is 0 Å². The number of hydrogen-bond donors (Lipinski definition) is 1. The molecule has 0 unspecified atom stereocenters. The molecule has 0 aromatic heterocycles. The van der Waals surface area contributed by atoms with Crippen LogP contribution in [0.3, 0.4) is 0 Å². The van der Waals surface area contributed by atoms with E-state index in [9.17, 15) is 18.4 Å². The third kappa shape index (κ3) is 4.43. The summed E-state index contributed by atoms with van der Waals surface area (Å²) in [6.07, 6.45) is -1.36. The van der Waals surface area contributed by atoms with Gasteiger partial charge in [0.2, 0.25) is 5.92 Å². The van der Waals surface area contributed by atoms with Gasteiger partial charge in [0.25, 0.3) is 0 Å². The Balaban J connectivity index is 2.23. The Morgan fingerprint density at radius 2 is 2.04 bits per heavy atom. The van der Waals surface area contributed by atoms with Crippen LogP contribution in [0.4, 0.5) is 14.5 Å². The van der Waals surface area contributed by atoms with Gasteiger partial charge in [0.1, 0.15) is 17.6 Å². The zero-order chi connectivity index (χ0) is 17.7. The molecule has 1 aromatic rings. The number of methoxy groups -OCH3 is 1. The number of carbonyl (C=O) groups excluding carboxylic acids is 2. The fraction of sp³-hybridized carbons (Fsp3) is 0.529. The molecular weight excluding hydrogens is 320 g/mol. The molecule has 1 N–H and O–H groups in total. The molecule has 1 saturated carbocycles. The second-order valence-electron chi connectivity index (χ2n) is 5.74. The Morgan fingerprint density at radius 3 is 2.62 bits per heavy atom. The van der Waals surface area contributed by atoms with Crippen LogP contribution >= 0.6 is 0 Å². The number of rotatable bonds is 6. The fourth-order valence-electron chi connectivity index (χ4n) is 2.76. The molecule has 5 nitrogen and oxygen atoms in total. The van der Waals surface area contributed by atoms with Crippen LogP contribution in [-0.2, 0) is 14.3 Å². The first-order valence-electron chi connectivity index (χ1n) is 7.84. The minimum atomic E-state index is -2.95. The molecule has 2 atom stereocenters. The quantitative estimate of drug-likeness (QED) is 0.806. The third-order valence-corrected chi connectivity index (χ3v) is 4.02. The number of benzene rings is 1. The highest BCUT2D eigenvalue weighted by Crippen LogP contribution is 2.37. The summed E-state index contributed by atoms with van der Waals surface area (Å²) in [7, 11) is 1.52. The lowest BCUT2D eigenvalue weighted by molar-refractivity contribution is -0.151. The zero-order valence-corrected chi connectivity index (χ0v) is 13.7. The summed E-state index contributed by atoms with van der Waals surface area (Å²) in [6.45, 7) is 1.73. The lowest BCUT2D eigenvalue weighted by atomic mass is 9.80. The number of anilines is 1. The topological polar surface area (TPSA) is 64.6 Å². The molecule has 1 aromatic carbocycles. The summed E-state index contributed by atoms with van der Waals surface area (Å²) in [5, 5.41) is 2.87. The van der Waals surface area contributed by atoms with E-state index in [0.717, 1.165) is 0 Å². The molecule has 7 heteroatoms. The van der Waals surface area contributed by atoms with Gasteiger partial charge in [-0.15, -0.1) is 0 Å². The SMILES string of the molecule is CCOC(=O)[C@@H](Nc1ccc(OC)cc1)[C@H]1CC(F)(F)CCC1=O. The summed E-state index contributed by atoms with van der Waals surface area (Å²) in [4.78, 5) is 24.3. The Labute approximate surface area is 139 Å². The predicted molar refractivity (Wildman–Crippen MR) is 84.3 cm³/mol. The first-order valence-corrected chi connectivity index (χ1v) is 7.84. The number of ether oxygens (including phenoxy) is 2. The first kappa shape index (κ1) is 18.2. The van der Waals surface area contributed by atoms with Gasteiger partial charge in [-0.2, -0.15) is 0 Å². The van der Waals surface area contributed by atoms with E-state index < -0.39 is 36.7 Å². The van der Waals surface area contributed by atoms with Crippen LogP contribution in [0.5, 0.6) is 5.75 Å². The van der Waals surface area contributed by atoms with Crippen LogP contribution in [0, 0.1) is 5.92 Å². The third-order valence-electron chi connectivity index (χ3n) is 4.02. The fourth-order valence-corrected chi connectivity index (χ4v) is 2.76. The maximum absolute atomic E-state index is 13.7. The van der Waals surface area contributed by atoms with Gasteiger partial charge >= 0.3 is 5.97 Å². The van der Waals surface area contributed by atoms with Crippen molar-refractivity contribution >= 4 is 17.4 Å². The summed E-state index contributed by atoms with van der Waals surface area (Å²) >= 11 is 0. The average molecular weight is 341 g/mol. The van der Waals surface area contributed by atoms with Gasteiger partial charge in [-0.05, 0) is 31.2 Å². The van der Waals surface area contributed by atoms with Crippen molar-refractivity contribution in [1.29, 1.82) is 0 Å². The minimum Gasteiger partial charge on any atom is -0.497 e. The van der Waals surface area contributed by atoms with E-state index in [1.54, 1.807) is 31.2 Å².